The Morgan fingerprint density at radius 2 is 0.742 bits per heavy atom. The first-order valence-electron chi connectivity index (χ1n) is 36.1. The molecule has 1 amide bonds. The van der Waals surface area contributed by atoms with Gasteiger partial charge in [0.2, 0.25) is 5.91 Å². The van der Waals surface area contributed by atoms with Crippen molar-refractivity contribution in [3.05, 3.63) is 24.3 Å². The summed E-state index contributed by atoms with van der Waals surface area (Å²) in [5, 5.41) is 120. The summed E-state index contributed by atoms with van der Waals surface area (Å²) in [6.07, 6.45) is 33.2. The van der Waals surface area contributed by atoms with Crippen LogP contribution in [0, 0.1) is 0 Å². The van der Waals surface area contributed by atoms with E-state index in [4.69, 9.17) is 28.4 Å². The predicted octanol–water partition coefficient (Wildman–Crippen LogP) is 9.83. The molecule has 12 N–H and O–H groups in total. The molecule has 17 unspecified atom stereocenters. The largest absolute Gasteiger partial charge is 0.394 e. The van der Waals surface area contributed by atoms with Crippen LogP contribution in [-0.2, 0) is 33.2 Å². The highest BCUT2D eigenvalue weighted by Gasteiger charge is 2.53. The minimum absolute atomic E-state index is 0.240. The lowest BCUT2D eigenvalue weighted by Crippen LogP contribution is -2.66. The monoisotopic (exact) mass is 1270 g/mol. The number of allylic oxidation sites excluding steroid dienone is 4. The lowest BCUT2D eigenvalue weighted by molar-refractivity contribution is -0.379. The third kappa shape index (κ3) is 34.5. The van der Waals surface area contributed by atoms with Crippen LogP contribution in [-0.4, -0.2) is 193 Å². The van der Waals surface area contributed by atoms with Gasteiger partial charge in [-0.25, -0.2) is 0 Å². The number of unbranched alkanes of at least 4 members (excludes halogenated alkanes) is 36. The number of amides is 1. The first-order valence-corrected chi connectivity index (χ1v) is 36.1. The molecule has 3 aliphatic rings. The molecule has 0 bridgehead atoms. The summed E-state index contributed by atoms with van der Waals surface area (Å²) >= 11 is 0. The minimum atomic E-state index is -1.97. The minimum Gasteiger partial charge on any atom is -0.394 e. The highest BCUT2D eigenvalue weighted by Crippen LogP contribution is 2.33. The molecule has 19 heteroatoms. The van der Waals surface area contributed by atoms with Crippen molar-refractivity contribution in [2.24, 2.45) is 0 Å². The maximum atomic E-state index is 13.4. The molecular formula is C70H131NO18. The van der Waals surface area contributed by atoms with E-state index in [0.717, 1.165) is 51.4 Å². The molecule has 89 heavy (non-hydrogen) atoms. The Balaban J connectivity index is 1.29. The van der Waals surface area contributed by atoms with Crippen LogP contribution in [0.5, 0.6) is 0 Å². The molecule has 3 rings (SSSR count). The van der Waals surface area contributed by atoms with Gasteiger partial charge in [0, 0.05) is 6.42 Å². The van der Waals surface area contributed by atoms with E-state index in [2.05, 4.69) is 43.5 Å². The molecule has 0 aromatic carbocycles. The third-order valence-corrected chi connectivity index (χ3v) is 18.3. The first kappa shape index (κ1) is 81.5. The molecule has 0 aromatic heterocycles. The Labute approximate surface area is 537 Å². The number of ether oxygens (including phenoxy) is 6. The van der Waals surface area contributed by atoms with Crippen LogP contribution < -0.4 is 5.32 Å². The Kier molecular flexibility index (Phi) is 48.1. The summed E-state index contributed by atoms with van der Waals surface area (Å²) < 4.78 is 34.3. The van der Waals surface area contributed by atoms with Gasteiger partial charge in [-0.2, -0.15) is 0 Å². The second-order valence-corrected chi connectivity index (χ2v) is 26.1. The van der Waals surface area contributed by atoms with Crippen LogP contribution in [0.1, 0.15) is 284 Å². The van der Waals surface area contributed by atoms with Gasteiger partial charge in [-0.3, -0.25) is 4.79 Å². The normalized spacial score (nSPS) is 28.3. The maximum Gasteiger partial charge on any atom is 0.220 e. The fourth-order valence-electron chi connectivity index (χ4n) is 12.4. The molecule has 3 aliphatic heterocycles. The standard InChI is InChI=1S/C70H131NO18/c1-3-5-7-9-11-13-14-15-16-17-18-19-20-21-22-23-24-25-26-27-28-29-30-31-32-33-34-35-36-37-38-40-42-44-46-48-58(76)71-53(54(75)47-45-43-41-39-12-10-8-6-4-2)52-84-68-64(82)61(79)66(56(50-73)86-68)89-70-65(83)62(80)67(57(51-74)87-70)88-69-63(81)60(78)59(77)55(49-72)85-69/h14-15,17-18,53-57,59-70,72-75,77-83H,3-13,16,19-52H2,1-2H3,(H,71,76)/b15-14-,18-17-. The van der Waals surface area contributed by atoms with Gasteiger partial charge in [0.1, 0.15) is 73.2 Å². The van der Waals surface area contributed by atoms with Gasteiger partial charge in [0.25, 0.3) is 0 Å². The summed E-state index contributed by atoms with van der Waals surface area (Å²) in [5.74, 6) is -0.240. The Morgan fingerprint density at radius 1 is 0.404 bits per heavy atom. The number of carbonyl (C=O) groups excluding carboxylic acids is 1. The van der Waals surface area contributed by atoms with E-state index in [1.54, 1.807) is 0 Å². The molecule has 17 atom stereocenters. The molecule has 19 nitrogen and oxygen atoms in total. The van der Waals surface area contributed by atoms with Gasteiger partial charge in [-0.05, 0) is 44.9 Å². The van der Waals surface area contributed by atoms with Crippen molar-refractivity contribution in [1.29, 1.82) is 0 Å². The Morgan fingerprint density at radius 3 is 1.15 bits per heavy atom. The first-order chi connectivity index (χ1) is 43.3. The van der Waals surface area contributed by atoms with E-state index in [9.17, 15) is 61.0 Å². The molecule has 0 aliphatic carbocycles. The second-order valence-electron chi connectivity index (χ2n) is 26.1. The molecule has 0 aromatic rings. The third-order valence-electron chi connectivity index (χ3n) is 18.3. The number of hydrogen-bond donors (Lipinski definition) is 12. The number of hydrogen-bond acceptors (Lipinski definition) is 18. The SMILES string of the molecule is CCCCCCC/C=C\C/C=C\CCCCCCCCCCCCCCCCCCCCCCCCCC(=O)NC(COC1OC(CO)C(OC2OC(CO)C(OC3OC(CO)C(O)C(O)C3O)C(O)C2O)C(O)C1O)C(O)CCCCCCCCCCC. The van der Waals surface area contributed by atoms with E-state index in [0.29, 0.717) is 12.8 Å². The lowest BCUT2D eigenvalue weighted by atomic mass is 9.96. The molecule has 0 saturated carbocycles. The molecule has 3 heterocycles. The number of aliphatic hydroxyl groups is 11. The van der Waals surface area contributed by atoms with Gasteiger partial charge >= 0.3 is 0 Å². The number of carbonyl (C=O) groups is 1. The number of rotatable bonds is 56. The highest BCUT2D eigenvalue weighted by molar-refractivity contribution is 5.76. The zero-order chi connectivity index (χ0) is 64.7. The maximum absolute atomic E-state index is 13.4. The summed E-state index contributed by atoms with van der Waals surface area (Å²) in [4.78, 5) is 13.4. The van der Waals surface area contributed by atoms with E-state index in [1.807, 2.05) is 0 Å². The smallest absolute Gasteiger partial charge is 0.220 e. The van der Waals surface area contributed by atoms with E-state index in [1.165, 1.54) is 199 Å². The highest BCUT2D eigenvalue weighted by atomic mass is 16.8. The van der Waals surface area contributed by atoms with Crippen LogP contribution in [0.2, 0.25) is 0 Å². The van der Waals surface area contributed by atoms with Crippen molar-refractivity contribution in [2.75, 3.05) is 26.4 Å². The number of nitrogens with one attached hydrogen (secondary N) is 1. The Hall–Kier alpha value is -1.73. The van der Waals surface area contributed by atoms with Crippen molar-refractivity contribution < 1.29 is 89.4 Å². The van der Waals surface area contributed by atoms with Crippen molar-refractivity contribution in [1.82, 2.24) is 5.32 Å². The topological polar surface area (TPSA) is 307 Å². The molecule has 3 saturated heterocycles. The predicted molar refractivity (Wildman–Crippen MR) is 346 cm³/mol. The number of aliphatic hydroxyl groups excluding tert-OH is 11. The van der Waals surface area contributed by atoms with Gasteiger partial charge < -0.3 is 89.9 Å². The van der Waals surface area contributed by atoms with Crippen LogP contribution in [0.4, 0.5) is 0 Å². The summed E-state index contributed by atoms with van der Waals surface area (Å²) in [6.45, 7) is 1.77. The van der Waals surface area contributed by atoms with Crippen molar-refractivity contribution in [3.63, 3.8) is 0 Å². The average Bonchev–Trinajstić information content (AvgIpc) is 1.40. The molecule has 3 fully saturated rings. The van der Waals surface area contributed by atoms with Crippen molar-refractivity contribution >= 4 is 5.91 Å². The van der Waals surface area contributed by atoms with Crippen LogP contribution >= 0.6 is 0 Å². The van der Waals surface area contributed by atoms with Crippen molar-refractivity contribution in [3.8, 4) is 0 Å². The van der Waals surface area contributed by atoms with E-state index >= 15 is 0 Å². The zero-order valence-electron chi connectivity index (χ0n) is 55.4. The van der Waals surface area contributed by atoms with Gasteiger partial charge in [-0.1, -0.05) is 256 Å². The zero-order valence-corrected chi connectivity index (χ0v) is 55.4. The fourth-order valence-corrected chi connectivity index (χ4v) is 12.4. The van der Waals surface area contributed by atoms with Crippen LogP contribution in [0.25, 0.3) is 0 Å². The van der Waals surface area contributed by atoms with Crippen LogP contribution in [0.3, 0.4) is 0 Å². The molecule has 0 radical (unpaired) electrons. The molecule has 524 valence electrons. The fraction of sp³-hybridized carbons (Fsp3) is 0.929. The summed E-state index contributed by atoms with van der Waals surface area (Å²) in [5.41, 5.74) is 0. The summed E-state index contributed by atoms with van der Waals surface area (Å²) in [6, 6.07) is -0.882. The van der Waals surface area contributed by atoms with Crippen molar-refractivity contribution in [2.45, 2.75) is 388 Å². The van der Waals surface area contributed by atoms with E-state index < -0.39 is 124 Å². The summed E-state index contributed by atoms with van der Waals surface area (Å²) in [7, 11) is 0. The van der Waals surface area contributed by atoms with Gasteiger partial charge in [0.05, 0.1) is 38.6 Å². The molecule has 0 spiro atoms. The lowest BCUT2D eigenvalue weighted by Gasteiger charge is -2.48. The quantitative estimate of drug-likeness (QED) is 0.0199. The van der Waals surface area contributed by atoms with Gasteiger partial charge in [-0.15, -0.1) is 0 Å². The van der Waals surface area contributed by atoms with E-state index in [-0.39, 0.29) is 18.9 Å². The van der Waals surface area contributed by atoms with Crippen LogP contribution in [0.15, 0.2) is 24.3 Å². The Bertz CT molecular complexity index is 1710. The van der Waals surface area contributed by atoms with Gasteiger partial charge in [0.15, 0.2) is 18.9 Å². The second kappa shape index (κ2) is 52.5. The average molecular weight is 1270 g/mol. The molecular weight excluding hydrogens is 1140 g/mol.